The van der Waals surface area contributed by atoms with E-state index in [0.29, 0.717) is 11.4 Å². The van der Waals surface area contributed by atoms with Gasteiger partial charge in [-0.1, -0.05) is 17.7 Å². The topological polar surface area (TPSA) is 50.8 Å². The second-order valence-electron chi connectivity index (χ2n) is 5.35. The van der Waals surface area contributed by atoms with Gasteiger partial charge in [-0.2, -0.15) is 5.26 Å². The summed E-state index contributed by atoms with van der Waals surface area (Å²) in [7, 11) is 1.62. The van der Waals surface area contributed by atoms with Gasteiger partial charge in [0.15, 0.2) is 0 Å². The Balaban J connectivity index is 2.07. The van der Waals surface area contributed by atoms with Crippen LogP contribution in [0.15, 0.2) is 48.1 Å². The van der Waals surface area contributed by atoms with Crippen molar-refractivity contribution in [2.45, 2.75) is 19.8 Å². The summed E-state index contributed by atoms with van der Waals surface area (Å²) in [6.07, 6.45) is 6.36. The monoisotopic (exact) mass is 291 g/mol. The van der Waals surface area contributed by atoms with Crippen molar-refractivity contribution in [3.8, 4) is 17.6 Å². The highest BCUT2D eigenvalue weighted by molar-refractivity contribution is 5.68. The van der Waals surface area contributed by atoms with E-state index in [0.717, 1.165) is 24.2 Å². The largest absolute Gasteiger partial charge is 0.480 e. The van der Waals surface area contributed by atoms with Crippen molar-refractivity contribution >= 4 is 5.57 Å². The molecule has 1 aromatic heterocycles. The summed E-state index contributed by atoms with van der Waals surface area (Å²) < 4.78 is 7.16. The van der Waals surface area contributed by atoms with E-state index in [9.17, 15) is 0 Å². The van der Waals surface area contributed by atoms with Crippen LogP contribution < -0.4 is 4.74 Å². The third kappa shape index (κ3) is 2.66. The highest BCUT2D eigenvalue weighted by atomic mass is 16.5. The van der Waals surface area contributed by atoms with Crippen molar-refractivity contribution in [3.63, 3.8) is 0 Å². The summed E-state index contributed by atoms with van der Waals surface area (Å²) >= 11 is 0. The molecule has 4 heteroatoms. The molecule has 0 unspecified atom stereocenters. The maximum atomic E-state index is 8.92. The summed E-state index contributed by atoms with van der Waals surface area (Å²) in [4.78, 5) is 0. The Hall–Kier alpha value is -2.80. The molecule has 1 aliphatic carbocycles. The molecule has 1 heterocycles. The van der Waals surface area contributed by atoms with Gasteiger partial charge in [0.2, 0.25) is 5.88 Å². The first-order chi connectivity index (χ1) is 10.7. The van der Waals surface area contributed by atoms with Crippen LogP contribution in [0.2, 0.25) is 0 Å². The third-order valence-electron chi connectivity index (χ3n) is 3.82. The molecule has 0 spiro atoms. The Bertz CT molecular complexity index is 789. The molecule has 0 fully saturated rings. The van der Waals surface area contributed by atoms with E-state index >= 15 is 0 Å². The van der Waals surface area contributed by atoms with Crippen LogP contribution in [0.3, 0.4) is 0 Å². The number of nitriles is 1. The lowest BCUT2D eigenvalue weighted by Gasteiger charge is -2.14. The van der Waals surface area contributed by atoms with E-state index in [1.54, 1.807) is 19.2 Å². The predicted molar refractivity (Wildman–Crippen MR) is 85.8 cm³/mol. The van der Waals surface area contributed by atoms with Crippen LogP contribution in [0, 0.1) is 11.3 Å². The normalized spacial score (nSPS) is 14.0. The highest BCUT2D eigenvalue weighted by Gasteiger charge is 2.15. The van der Waals surface area contributed by atoms with Gasteiger partial charge in [-0.05, 0) is 49.6 Å². The van der Waals surface area contributed by atoms with Crippen LogP contribution in [-0.4, -0.2) is 16.9 Å². The summed E-state index contributed by atoms with van der Waals surface area (Å²) in [5.41, 5.74) is 5.22. The number of benzene rings is 1. The second kappa shape index (κ2) is 5.90. The number of hydrogen-bond acceptors (Lipinski definition) is 3. The zero-order valence-electron chi connectivity index (χ0n) is 12.7. The van der Waals surface area contributed by atoms with Gasteiger partial charge < -0.3 is 4.74 Å². The fraction of sp³-hybridized carbons (Fsp3) is 0.222. The van der Waals surface area contributed by atoms with Crippen LogP contribution in [0.25, 0.3) is 11.3 Å². The van der Waals surface area contributed by atoms with Gasteiger partial charge in [-0.25, -0.2) is 4.68 Å². The molecule has 1 aromatic carbocycles. The number of methoxy groups -OCH3 is 1. The van der Waals surface area contributed by atoms with Crippen molar-refractivity contribution < 1.29 is 4.74 Å². The molecule has 0 saturated heterocycles. The highest BCUT2D eigenvalue weighted by Crippen LogP contribution is 2.30. The van der Waals surface area contributed by atoms with Crippen LogP contribution in [0.5, 0.6) is 5.88 Å². The fourth-order valence-electron chi connectivity index (χ4n) is 2.52. The molecule has 0 saturated carbocycles. The van der Waals surface area contributed by atoms with Gasteiger partial charge in [0.1, 0.15) is 0 Å². The van der Waals surface area contributed by atoms with E-state index in [-0.39, 0.29) is 0 Å². The minimum Gasteiger partial charge on any atom is -0.480 e. The maximum Gasteiger partial charge on any atom is 0.233 e. The molecule has 0 N–H and O–H groups in total. The lowest BCUT2D eigenvalue weighted by atomic mass is 9.97. The molecule has 2 aromatic rings. The smallest absolute Gasteiger partial charge is 0.233 e. The molecule has 0 radical (unpaired) electrons. The Kier molecular flexibility index (Phi) is 3.80. The third-order valence-corrected chi connectivity index (χ3v) is 3.82. The fourth-order valence-corrected chi connectivity index (χ4v) is 2.52. The lowest BCUT2D eigenvalue weighted by Crippen LogP contribution is -2.03. The molecular weight excluding hydrogens is 274 g/mol. The van der Waals surface area contributed by atoms with E-state index < -0.39 is 0 Å². The Morgan fingerprint density at radius 1 is 1.18 bits per heavy atom. The molecule has 110 valence electrons. The van der Waals surface area contributed by atoms with E-state index in [1.165, 1.54) is 11.1 Å². The number of aromatic nitrogens is 2. The summed E-state index contributed by atoms with van der Waals surface area (Å²) in [5.74, 6) is 0.589. The molecule has 1 aliphatic rings. The number of ether oxygens (including phenoxy) is 1. The lowest BCUT2D eigenvalue weighted by molar-refractivity contribution is 0.394. The first kappa shape index (κ1) is 14.2. The van der Waals surface area contributed by atoms with Gasteiger partial charge >= 0.3 is 0 Å². The zero-order chi connectivity index (χ0) is 15.5. The number of nitrogens with zero attached hydrogens (tertiary/aromatic N) is 3. The SMILES string of the molecule is COc1cc(C2=CC=C(C)CC2)n(-c2ccc(C#N)cc2)n1. The molecule has 0 amide bonds. The predicted octanol–water partition coefficient (Wildman–Crippen LogP) is 3.88. The summed E-state index contributed by atoms with van der Waals surface area (Å²) in [6, 6.07) is 11.5. The van der Waals surface area contributed by atoms with Crippen molar-refractivity contribution in [1.29, 1.82) is 5.26 Å². The molecule has 0 aliphatic heterocycles. The quantitative estimate of drug-likeness (QED) is 0.862. The van der Waals surface area contributed by atoms with Crippen molar-refractivity contribution in [1.82, 2.24) is 9.78 Å². The first-order valence-corrected chi connectivity index (χ1v) is 7.22. The molecule has 0 bridgehead atoms. The Morgan fingerprint density at radius 3 is 2.55 bits per heavy atom. The van der Waals surface area contributed by atoms with E-state index in [1.807, 2.05) is 22.9 Å². The van der Waals surface area contributed by atoms with Gasteiger partial charge in [0, 0.05) is 6.07 Å². The van der Waals surface area contributed by atoms with Crippen molar-refractivity contribution in [2.75, 3.05) is 7.11 Å². The van der Waals surface area contributed by atoms with Gasteiger partial charge in [-0.15, -0.1) is 5.10 Å². The van der Waals surface area contributed by atoms with E-state index in [4.69, 9.17) is 10.00 Å². The first-order valence-electron chi connectivity index (χ1n) is 7.22. The van der Waals surface area contributed by atoms with Crippen molar-refractivity contribution in [3.05, 3.63) is 59.3 Å². The van der Waals surface area contributed by atoms with Crippen LogP contribution in [0.4, 0.5) is 0 Å². The van der Waals surface area contributed by atoms with E-state index in [2.05, 4.69) is 30.2 Å². The van der Waals surface area contributed by atoms with Crippen LogP contribution >= 0.6 is 0 Å². The van der Waals surface area contributed by atoms with Crippen molar-refractivity contribution in [2.24, 2.45) is 0 Å². The zero-order valence-corrected chi connectivity index (χ0v) is 12.7. The number of rotatable bonds is 3. The van der Waals surface area contributed by atoms with Gasteiger partial charge in [0.05, 0.1) is 30.1 Å². The number of hydrogen-bond donors (Lipinski definition) is 0. The molecule has 0 atom stereocenters. The molecule has 22 heavy (non-hydrogen) atoms. The molecule has 4 nitrogen and oxygen atoms in total. The average molecular weight is 291 g/mol. The number of allylic oxidation sites excluding steroid dienone is 4. The summed E-state index contributed by atoms with van der Waals surface area (Å²) in [6.45, 7) is 2.14. The minimum absolute atomic E-state index is 0.589. The molecule has 3 rings (SSSR count). The Labute approximate surface area is 130 Å². The standard InChI is InChI=1S/C18H17N3O/c1-13-3-7-15(8-4-13)17-11-18(22-2)20-21(17)16-9-5-14(12-19)6-10-16/h3,5-7,9-11H,4,8H2,1-2H3. The second-order valence-corrected chi connectivity index (χ2v) is 5.35. The maximum absolute atomic E-state index is 8.92. The summed E-state index contributed by atoms with van der Waals surface area (Å²) in [5, 5.41) is 13.4. The average Bonchev–Trinajstić information content (AvgIpc) is 3.00. The van der Waals surface area contributed by atoms with Gasteiger partial charge in [0.25, 0.3) is 0 Å². The van der Waals surface area contributed by atoms with Crippen LogP contribution in [-0.2, 0) is 0 Å². The Morgan fingerprint density at radius 2 is 1.95 bits per heavy atom. The van der Waals surface area contributed by atoms with Gasteiger partial charge in [-0.3, -0.25) is 0 Å². The molecular formula is C18H17N3O. The minimum atomic E-state index is 0.589. The van der Waals surface area contributed by atoms with Crippen LogP contribution in [0.1, 0.15) is 31.0 Å².